The molecule has 3 heteroatoms. The monoisotopic (exact) mass is 479 g/mol. The lowest BCUT2D eigenvalue weighted by atomic mass is 9.77. The number of rotatable bonds is 6. The number of para-hydroxylation sites is 1. The minimum Gasteiger partial charge on any atom is -0.343 e. The first-order chi connectivity index (χ1) is 17.1. The van der Waals surface area contributed by atoms with E-state index in [1.165, 1.54) is 33.4 Å². The third-order valence-corrected chi connectivity index (χ3v) is 7.58. The van der Waals surface area contributed by atoms with Crippen molar-refractivity contribution < 1.29 is 4.58 Å². The Kier molecular flexibility index (Phi) is 6.74. The maximum Gasteiger partial charge on any atom is 0.199 e. The fourth-order valence-electron chi connectivity index (χ4n) is 5.53. The van der Waals surface area contributed by atoms with Crippen LogP contribution in [0.25, 0.3) is 22.2 Å². The standard InChI is InChI=1S/C32H32ClN2/c1-4-35(5-2)25-21-19-23(20-22-25)30(26-15-9-11-17-28(26)33)31-27-16-10-12-18-29(27)34(3)32(31)24-13-7-6-8-14-24/h6-23,30H,4-5H2,1-3H3/q+1. The van der Waals surface area contributed by atoms with E-state index in [2.05, 4.69) is 121 Å². The van der Waals surface area contributed by atoms with E-state index in [4.69, 9.17) is 11.6 Å². The second-order valence-corrected chi connectivity index (χ2v) is 9.50. The van der Waals surface area contributed by atoms with Crippen LogP contribution in [0.3, 0.4) is 0 Å². The summed E-state index contributed by atoms with van der Waals surface area (Å²) in [5.41, 5.74) is 7.46. The number of allylic oxidation sites excluding steroid dienone is 4. The average Bonchev–Trinajstić information content (AvgIpc) is 3.19. The molecule has 4 aromatic rings. The van der Waals surface area contributed by atoms with Crippen molar-refractivity contribution >= 4 is 28.2 Å². The summed E-state index contributed by atoms with van der Waals surface area (Å²) >= 11 is 6.90. The smallest absolute Gasteiger partial charge is 0.199 e. The first-order valence-corrected chi connectivity index (χ1v) is 12.9. The van der Waals surface area contributed by atoms with Crippen LogP contribution in [0.5, 0.6) is 0 Å². The van der Waals surface area contributed by atoms with Crippen LogP contribution in [0, 0.1) is 5.92 Å². The molecular weight excluding hydrogens is 448 g/mol. The Balaban J connectivity index is 1.78. The number of halogens is 1. The zero-order valence-corrected chi connectivity index (χ0v) is 21.4. The van der Waals surface area contributed by atoms with Gasteiger partial charge in [-0.05, 0) is 42.7 Å². The van der Waals surface area contributed by atoms with Gasteiger partial charge in [0.25, 0.3) is 0 Å². The molecule has 0 N–H and O–H groups in total. The van der Waals surface area contributed by atoms with E-state index in [1.54, 1.807) is 0 Å². The summed E-state index contributed by atoms with van der Waals surface area (Å²) in [6.07, 6.45) is 9.29. The molecule has 1 heterocycles. The second kappa shape index (κ2) is 10.1. The molecule has 0 saturated heterocycles. The van der Waals surface area contributed by atoms with Crippen molar-refractivity contribution in [1.82, 2.24) is 4.57 Å². The molecule has 0 fully saturated rings. The lowest BCUT2D eigenvalue weighted by Crippen LogP contribution is -2.21. The van der Waals surface area contributed by atoms with E-state index in [-0.39, 0.29) is 11.8 Å². The Labute approximate surface area is 213 Å². The first-order valence-electron chi connectivity index (χ1n) is 12.5. The van der Waals surface area contributed by atoms with Crippen LogP contribution in [0.2, 0.25) is 5.02 Å². The van der Waals surface area contributed by atoms with E-state index in [9.17, 15) is 0 Å². The highest BCUT2D eigenvalue weighted by Crippen LogP contribution is 2.46. The molecule has 1 atom stereocenters. The van der Waals surface area contributed by atoms with Gasteiger partial charge in [0.1, 0.15) is 13.1 Å². The van der Waals surface area contributed by atoms with Gasteiger partial charge >= 0.3 is 0 Å². The molecule has 1 aliphatic rings. The van der Waals surface area contributed by atoms with Crippen molar-refractivity contribution in [3.05, 3.63) is 119 Å². The van der Waals surface area contributed by atoms with Crippen molar-refractivity contribution in [2.45, 2.75) is 19.8 Å². The number of hydrogen-bond acceptors (Lipinski definition) is 0. The molecule has 5 rings (SSSR count). The van der Waals surface area contributed by atoms with E-state index in [1.807, 2.05) is 12.1 Å². The highest BCUT2D eigenvalue weighted by atomic mass is 35.5. The normalized spacial score (nSPS) is 16.1. The molecule has 1 aromatic heterocycles. The Hall–Kier alpha value is -3.36. The Morgan fingerprint density at radius 3 is 2.14 bits per heavy atom. The summed E-state index contributed by atoms with van der Waals surface area (Å²) in [6, 6.07) is 27.8. The number of aryl methyl sites for hydroxylation is 1. The van der Waals surface area contributed by atoms with E-state index >= 15 is 0 Å². The molecule has 0 spiro atoms. The highest BCUT2D eigenvalue weighted by molar-refractivity contribution is 6.31. The van der Waals surface area contributed by atoms with E-state index < -0.39 is 0 Å². The predicted molar refractivity (Wildman–Crippen MR) is 150 cm³/mol. The Bertz CT molecular complexity index is 1420. The maximum atomic E-state index is 6.90. The van der Waals surface area contributed by atoms with Crippen molar-refractivity contribution in [1.29, 1.82) is 0 Å². The molecule has 0 bridgehead atoms. The fraction of sp³-hybridized carbons (Fsp3) is 0.219. The van der Waals surface area contributed by atoms with Gasteiger partial charge in [-0.1, -0.05) is 90.5 Å². The lowest BCUT2D eigenvalue weighted by molar-refractivity contribution is -0.519. The molecule has 0 aliphatic heterocycles. The second-order valence-electron chi connectivity index (χ2n) is 9.10. The molecule has 1 unspecified atom stereocenters. The number of hydrogen-bond donors (Lipinski definition) is 0. The molecule has 0 saturated carbocycles. The van der Waals surface area contributed by atoms with E-state index in [0.717, 1.165) is 23.7 Å². The summed E-state index contributed by atoms with van der Waals surface area (Å²) in [4.78, 5) is 0. The summed E-state index contributed by atoms with van der Waals surface area (Å²) in [5.74, 6) is 0.262. The molecule has 0 radical (unpaired) electrons. The molecule has 35 heavy (non-hydrogen) atoms. The largest absolute Gasteiger partial charge is 0.343 e. The van der Waals surface area contributed by atoms with Crippen LogP contribution in [0.1, 0.15) is 30.9 Å². The average molecular weight is 480 g/mol. The van der Waals surface area contributed by atoms with Gasteiger partial charge in [0.2, 0.25) is 0 Å². The third-order valence-electron chi connectivity index (χ3n) is 7.24. The minimum atomic E-state index is 0.0794. The SMILES string of the molecule is CC[N+](CC)=C1C=CC(C(c2ccccc2Cl)c2c(-c3ccccc3)n(C)c3ccccc23)C=C1. The van der Waals surface area contributed by atoms with Crippen molar-refractivity contribution in [3.8, 4) is 11.3 Å². The lowest BCUT2D eigenvalue weighted by Gasteiger charge is -2.27. The third kappa shape index (κ3) is 4.28. The zero-order valence-electron chi connectivity index (χ0n) is 20.7. The first kappa shape index (κ1) is 23.4. The summed E-state index contributed by atoms with van der Waals surface area (Å²) in [7, 11) is 2.18. The van der Waals surface area contributed by atoms with Crippen LogP contribution in [-0.2, 0) is 7.05 Å². The van der Waals surface area contributed by atoms with Crippen molar-refractivity contribution in [3.63, 3.8) is 0 Å². The fourth-order valence-corrected chi connectivity index (χ4v) is 5.78. The summed E-state index contributed by atoms with van der Waals surface area (Å²) < 4.78 is 4.73. The van der Waals surface area contributed by atoms with Gasteiger partial charge < -0.3 is 4.57 Å². The number of fused-ring (bicyclic) bond motifs is 1. The Morgan fingerprint density at radius 2 is 1.46 bits per heavy atom. The quantitative estimate of drug-likeness (QED) is 0.248. The molecule has 176 valence electrons. The summed E-state index contributed by atoms with van der Waals surface area (Å²) in [5, 5.41) is 2.09. The van der Waals surface area contributed by atoms with Crippen LogP contribution in [0.4, 0.5) is 0 Å². The molecule has 0 amide bonds. The number of nitrogens with zero attached hydrogens (tertiary/aromatic N) is 2. The van der Waals surface area contributed by atoms with E-state index in [0.29, 0.717) is 0 Å². The van der Waals surface area contributed by atoms with Gasteiger partial charge in [-0.3, -0.25) is 0 Å². The van der Waals surface area contributed by atoms with Gasteiger partial charge in [-0.25, -0.2) is 4.58 Å². The zero-order chi connectivity index (χ0) is 24.4. The van der Waals surface area contributed by atoms with Gasteiger partial charge in [0.05, 0.1) is 5.69 Å². The van der Waals surface area contributed by atoms with Gasteiger partial charge in [-0.2, -0.15) is 0 Å². The number of aromatic nitrogens is 1. The highest BCUT2D eigenvalue weighted by Gasteiger charge is 2.31. The maximum absolute atomic E-state index is 6.90. The predicted octanol–water partition coefficient (Wildman–Crippen LogP) is 7.87. The molecule has 2 nitrogen and oxygen atoms in total. The van der Waals surface area contributed by atoms with Crippen LogP contribution >= 0.6 is 11.6 Å². The molecule has 1 aliphatic carbocycles. The van der Waals surface area contributed by atoms with Crippen LogP contribution in [-0.4, -0.2) is 27.9 Å². The molecular formula is C32H32ClN2+. The van der Waals surface area contributed by atoms with Gasteiger partial charge in [0.15, 0.2) is 5.71 Å². The summed E-state index contributed by atoms with van der Waals surface area (Å²) in [6.45, 7) is 6.42. The topological polar surface area (TPSA) is 7.94 Å². The molecule has 3 aromatic carbocycles. The van der Waals surface area contributed by atoms with Gasteiger partial charge in [0, 0.05) is 47.0 Å². The number of benzene rings is 3. The Morgan fingerprint density at radius 1 is 0.829 bits per heavy atom. The van der Waals surface area contributed by atoms with Crippen molar-refractivity contribution in [2.24, 2.45) is 13.0 Å². The van der Waals surface area contributed by atoms with Gasteiger partial charge in [-0.15, -0.1) is 0 Å². The van der Waals surface area contributed by atoms with Crippen molar-refractivity contribution in [2.75, 3.05) is 13.1 Å². The van der Waals surface area contributed by atoms with Crippen LogP contribution < -0.4 is 0 Å². The van der Waals surface area contributed by atoms with Crippen LogP contribution in [0.15, 0.2) is 103 Å². The minimum absolute atomic E-state index is 0.0794.